The normalized spacial score (nSPS) is 18.6. The smallest absolute Gasteiger partial charge is 0.223 e. The summed E-state index contributed by atoms with van der Waals surface area (Å²) in [7, 11) is 0. The number of nitrogens with zero attached hydrogens (tertiary/aromatic N) is 4. The molecule has 0 unspecified atom stereocenters. The lowest BCUT2D eigenvalue weighted by atomic mass is 10.2. The van der Waals surface area contributed by atoms with Crippen LogP contribution in [0.2, 0.25) is 0 Å². The summed E-state index contributed by atoms with van der Waals surface area (Å²) in [6.45, 7) is 3.69. The van der Waals surface area contributed by atoms with Gasteiger partial charge in [-0.25, -0.2) is 4.68 Å². The van der Waals surface area contributed by atoms with Gasteiger partial charge in [0.2, 0.25) is 5.91 Å². The topological polar surface area (TPSA) is 51.0 Å². The number of amides is 1. The van der Waals surface area contributed by atoms with E-state index in [-0.39, 0.29) is 11.9 Å². The van der Waals surface area contributed by atoms with Crippen molar-refractivity contribution in [2.45, 2.75) is 32.2 Å². The second kappa shape index (κ2) is 5.75. The number of likely N-dealkylation sites (tertiary alicyclic amines) is 1. The summed E-state index contributed by atoms with van der Waals surface area (Å²) in [5, 5.41) is 9.94. The van der Waals surface area contributed by atoms with Crippen LogP contribution in [0.3, 0.4) is 0 Å². The largest absolute Gasteiger partial charge is 0.340 e. The molecule has 0 aromatic carbocycles. The molecular weight excluding hydrogens is 272 g/mol. The van der Waals surface area contributed by atoms with Crippen LogP contribution >= 0.6 is 11.3 Å². The number of aryl methyl sites for hydroxylation is 2. The zero-order valence-corrected chi connectivity index (χ0v) is 12.3. The van der Waals surface area contributed by atoms with Gasteiger partial charge in [0.05, 0.1) is 12.2 Å². The van der Waals surface area contributed by atoms with Gasteiger partial charge in [-0.15, -0.1) is 16.4 Å². The number of thiophene rings is 1. The summed E-state index contributed by atoms with van der Waals surface area (Å²) in [6.07, 6.45) is 5.98. The molecule has 106 valence electrons. The summed E-state index contributed by atoms with van der Waals surface area (Å²) in [5.74, 6) is 0.250. The molecule has 1 fully saturated rings. The highest BCUT2D eigenvalue weighted by Gasteiger charge is 2.27. The molecule has 3 heterocycles. The second-order valence-corrected chi connectivity index (χ2v) is 6.19. The first kappa shape index (κ1) is 13.3. The SMILES string of the molecule is Cc1ccsc1CCC(=O)N1CC[C@@H](n2ccnn2)C1. The van der Waals surface area contributed by atoms with Crippen LogP contribution in [0, 0.1) is 6.92 Å². The number of aromatic nitrogens is 3. The van der Waals surface area contributed by atoms with Gasteiger partial charge in [0.25, 0.3) is 0 Å². The maximum absolute atomic E-state index is 12.3. The van der Waals surface area contributed by atoms with Crippen molar-refractivity contribution in [2.24, 2.45) is 0 Å². The quantitative estimate of drug-likeness (QED) is 0.866. The molecule has 0 N–H and O–H groups in total. The van der Waals surface area contributed by atoms with Gasteiger partial charge in [0.1, 0.15) is 0 Å². The molecule has 0 saturated carbocycles. The maximum atomic E-state index is 12.3. The molecule has 2 aromatic rings. The minimum absolute atomic E-state index is 0.250. The first-order valence-corrected chi connectivity index (χ1v) is 7.78. The minimum Gasteiger partial charge on any atom is -0.340 e. The highest BCUT2D eigenvalue weighted by atomic mass is 32.1. The number of carbonyl (C=O) groups is 1. The lowest BCUT2D eigenvalue weighted by Crippen LogP contribution is -2.29. The van der Waals surface area contributed by atoms with E-state index in [0.29, 0.717) is 6.42 Å². The van der Waals surface area contributed by atoms with Gasteiger partial charge in [-0.05, 0) is 36.8 Å². The third-order valence-electron chi connectivity index (χ3n) is 3.87. The maximum Gasteiger partial charge on any atom is 0.223 e. The third kappa shape index (κ3) is 2.75. The molecule has 1 saturated heterocycles. The standard InChI is InChI=1S/C14H18N4OS/c1-11-5-9-20-13(11)2-3-14(19)17-7-4-12(10-17)18-8-6-15-16-18/h5-6,8-9,12H,2-4,7,10H2,1H3/t12-/m1/s1. The monoisotopic (exact) mass is 290 g/mol. The van der Waals surface area contributed by atoms with E-state index in [0.717, 1.165) is 25.9 Å². The molecule has 20 heavy (non-hydrogen) atoms. The Bertz CT molecular complexity index is 578. The summed E-state index contributed by atoms with van der Waals surface area (Å²) < 4.78 is 1.86. The number of hydrogen-bond donors (Lipinski definition) is 0. The van der Waals surface area contributed by atoms with Crippen molar-refractivity contribution >= 4 is 17.2 Å². The van der Waals surface area contributed by atoms with E-state index in [2.05, 4.69) is 28.7 Å². The predicted octanol–water partition coefficient (Wildman–Crippen LogP) is 2.05. The van der Waals surface area contributed by atoms with Gasteiger partial charge in [0, 0.05) is 30.6 Å². The fourth-order valence-electron chi connectivity index (χ4n) is 2.64. The van der Waals surface area contributed by atoms with Crippen LogP contribution in [-0.2, 0) is 11.2 Å². The molecule has 5 nitrogen and oxygen atoms in total. The van der Waals surface area contributed by atoms with E-state index >= 15 is 0 Å². The van der Waals surface area contributed by atoms with Crippen LogP contribution < -0.4 is 0 Å². The van der Waals surface area contributed by atoms with E-state index in [9.17, 15) is 4.79 Å². The first-order valence-electron chi connectivity index (χ1n) is 6.90. The van der Waals surface area contributed by atoms with E-state index in [1.807, 2.05) is 15.8 Å². The molecule has 1 amide bonds. The van der Waals surface area contributed by atoms with Crippen molar-refractivity contribution in [1.82, 2.24) is 19.9 Å². The van der Waals surface area contributed by atoms with Crippen LogP contribution in [0.15, 0.2) is 23.8 Å². The Kier molecular flexibility index (Phi) is 3.82. The third-order valence-corrected chi connectivity index (χ3v) is 4.95. The Morgan fingerprint density at radius 1 is 1.55 bits per heavy atom. The molecule has 1 aliphatic rings. The molecule has 0 aliphatic carbocycles. The first-order chi connectivity index (χ1) is 9.74. The molecule has 1 atom stereocenters. The molecule has 1 aliphatic heterocycles. The predicted molar refractivity (Wildman–Crippen MR) is 77.6 cm³/mol. The van der Waals surface area contributed by atoms with Crippen LogP contribution in [0.4, 0.5) is 0 Å². The van der Waals surface area contributed by atoms with Gasteiger partial charge in [-0.3, -0.25) is 4.79 Å². The minimum atomic E-state index is 0.250. The second-order valence-electron chi connectivity index (χ2n) is 5.19. The van der Waals surface area contributed by atoms with Crippen LogP contribution in [0.1, 0.15) is 29.3 Å². The van der Waals surface area contributed by atoms with Crippen LogP contribution in [0.25, 0.3) is 0 Å². The van der Waals surface area contributed by atoms with Crippen molar-refractivity contribution in [1.29, 1.82) is 0 Å². The number of hydrogen-bond acceptors (Lipinski definition) is 4. The fourth-order valence-corrected chi connectivity index (χ4v) is 3.55. The molecule has 0 bridgehead atoms. The Labute approximate surface area is 122 Å². The van der Waals surface area contributed by atoms with Gasteiger partial charge in [-0.2, -0.15) is 0 Å². The number of rotatable bonds is 4. The summed E-state index contributed by atoms with van der Waals surface area (Å²) >= 11 is 1.74. The molecule has 6 heteroatoms. The van der Waals surface area contributed by atoms with Gasteiger partial charge in [0.15, 0.2) is 0 Å². The van der Waals surface area contributed by atoms with E-state index < -0.39 is 0 Å². The molecular formula is C14H18N4OS. The summed E-state index contributed by atoms with van der Waals surface area (Å²) in [5.41, 5.74) is 1.30. The average Bonchev–Trinajstić information content (AvgIpc) is 3.17. The lowest BCUT2D eigenvalue weighted by molar-refractivity contribution is -0.130. The highest BCUT2D eigenvalue weighted by Crippen LogP contribution is 2.22. The summed E-state index contributed by atoms with van der Waals surface area (Å²) in [6, 6.07) is 2.39. The Hall–Kier alpha value is -1.69. The molecule has 3 rings (SSSR count). The Balaban J connectivity index is 1.53. The van der Waals surface area contributed by atoms with Gasteiger partial charge >= 0.3 is 0 Å². The molecule has 0 radical (unpaired) electrons. The van der Waals surface area contributed by atoms with Crippen LogP contribution in [0.5, 0.6) is 0 Å². The van der Waals surface area contributed by atoms with Crippen LogP contribution in [-0.4, -0.2) is 38.9 Å². The van der Waals surface area contributed by atoms with Gasteiger partial charge < -0.3 is 4.90 Å². The van der Waals surface area contributed by atoms with Gasteiger partial charge in [-0.1, -0.05) is 5.21 Å². The summed E-state index contributed by atoms with van der Waals surface area (Å²) in [4.78, 5) is 15.5. The van der Waals surface area contributed by atoms with E-state index in [1.165, 1.54) is 10.4 Å². The Morgan fingerprint density at radius 3 is 3.15 bits per heavy atom. The van der Waals surface area contributed by atoms with Crippen molar-refractivity contribution in [3.63, 3.8) is 0 Å². The van der Waals surface area contributed by atoms with E-state index in [1.54, 1.807) is 17.5 Å². The average molecular weight is 290 g/mol. The zero-order valence-electron chi connectivity index (χ0n) is 11.5. The highest BCUT2D eigenvalue weighted by molar-refractivity contribution is 7.10. The lowest BCUT2D eigenvalue weighted by Gasteiger charge is -2.16. The van der Waals surface area contributed by atoms with Crippen molar-refractivity contribution in [3.8, 4) is 0 Å². The van der Waals surface area contributed by atoms with Crippen molar-refractivity contribution < 1.29 is 4.79 Å². The fraction of sp³-hybridized carbons (Fsp3) is 0.500. The van der Waals surface area contributed by atoms with Crippen molar-refractivity contribution in [2.75, 3.05) is 13.1 Å². The number of carbonyl (C=O) groups excluding carboxylic acids is 1. The van der Waals surface area contributed by atoms with E-state index in [4.69, 9.17) is 0 Å². The van der Waals surface area contributed by atoms with Crippen molar-refractivity contribution in [3.05, 3.63) is 34.3 Å². The Morgan fingerprint density at radius 2 is 2.45 bits per heavy atom. The molecule has 2 aromatic heterocycles. The molecule has 0 spiro atoms. The zero-order chi connectivity index (χ0) is 13.9.